The van der Waals surface area contributed by atoms with Gasteiger partial charge < -0.3 is 15.5 Å². The monoisotopic (exact) mass is 474 g/mol. The molecule has 11 heteroatoms. The number of amides is 1. The fourth-order valence-corrected chi connectivity index (χ4v) is 4.48. The summed E-state index contributed by atoms with van der Waals surface area (Å²) in [4.78, 5) is 18.5. The third-order valence-corrected chi connectivity index (χ3v) is 6.18. The summed E-state index contributed by atoms with van der Waals surface area (Å²) < 4.78 is 13.4. The van der Waals surface area contributed by atoms with Crippen LogP contribution in [-0.4, -0.2) is 70.0 Å². The van der Waals surface area contributed by atoms with Crippen molar-refractivity contribution in [2.45, 2.75) is 38.6 Å². The quantitative estimate of drug-likeness (QED) is 0.188. The van der Waals surface area contributed by atoms with Gasteiger partial charge in [-0.1, -0.05) is 22.3 Å². The normalized spacial score (nSPS) is 16.9. The zero-order valence-corrected chi connectivity index (χ0v) is 19.9. The molecule has 2 aromatic heterocycles. The third kappa shape index (κ3) is 8.58. The predicted molar refractivity (Wildman–Crippen MR) is 129 cm³/mol. The molecular formula is C22H31FN8OS. The van der Waals surface area contributed by atoms with Crippen molar-refractivity contribution in [2.24, 2.45) is 5.10 Å². The smallest absolute Gasteiger partial charge is 0.224 e. The topological polar surface area (TPSA) is 98.6 Å². The van der Waals surface area contributed by atoms with Crippen molar-refractivity contribution in [3.8, 4) is 0 Å². The number of hydrogen-bond donors (Lipinski definition) is 2. The summed E-state index contributed by atoms with van der Waals surface area (Å²) in [5, 5.41) is 19.3. The number of aromatic nitrogens is 3. The second-order valence-corrected chi connectivity index (χ2v) is 8.95. The highest BCUT2D eigenvalue weighted by molar-refractivity contribution is 8.14. The second-order valence-electron chi connectivity index (χ2n) is 7.90. The molecule has 0 aromatic carbocycles. The second kappa shape index (κ2) is 13.0. The van der Waals surface area contributed by atoms with E-state index < -0.39 is 0 Å². The van der Waals surface area contributed by atoms with Crippen molar-refractivity contribution in [3.05, 3.63) is 47.9 Å². The standard InChI is InChI=1S/C22H31FN8OS/c1-17-7-10-27-28-22(17)31-11-4-6-19(8-12-31)26-16-33-21(29-30(2)23)15-25-20(32)13-18-5-3-9-24-14-18/h3,5,7,9-10,14,19,26H,4,6,8,11-13,15-16H2,1-2H3,(H,25,32)/b29-21-. The lowest BCUT2D eigenvalue weighted by Gasteiger charge is -2.22. The van der Waals surface area contributed by atoms with E-state index in [1.807, 2.05) is 12.1 Å². The first-order valence-corrected chi connectivity index (χ1v) is 12.0. The van der Waals surface area contributed by atoms with Gasteiger partial charge in [0.2, 0.25) is 5.91 Å². The van der Waals surface area contributed by atoms with Gasteiger partial charge in [-0.25, -0.2) is 0 Å². The van der Waals surface area contributed by atoms with Gasteiger partial charge >= 0.3 is 0 Å². The van der Waals surface area contributed by atoms with Crippen LogP contribution in [-0.2, 0) is 11.2 Å². The summed E-state index contributed by atoms with van der Waals surface area (Å²) in [5.41, 5.74) is 1.96. The van der Waals surface area contributed by atoms with E-state index in [1.165, 1.54) is 18.8 Å². The molecule has 1 saturated heterocycles. The number of hydrogen-bond acceptors (Lipinski definition) is 9. The number of nitrogens with one attached hydrogen (secondary N) is 2. The number of carbonyl (C=O) groups excluding carboxylic acids is 1. The molecule has 0 aliphatic carbocycles. The third-order valence-electron chi connectivity index (χ3n) is 5.31. The van der Waals surface area contributed by atoms with E-state index in [-0.39, 0.29) is 24.1 Å². The number of nitrogens with zero attached hydrogens (tertiary/aromatic N) is 6. The summed E-state index contributed by atoms with van der Waals surface area (Å²) >= 11 is 1.39. The lowest BCUT2D eigenvalue weighted by molar-refractivity contribution is -0.120. The molecule has 1 aliphatic rings. The van der Waals surface area contributed by atoms with Crippen LogP contribution in [0.25, 0.3) is 0 Å². The molecule has 1 aliphatic heterocycles. The van der Waals surface area contributed by atoms with Gasteiger partial charge in [0, 0.05) is 37.4 Å². The Morgan fingerprint density at radius 3 is 2.97 bits per heavy atom. The molecular weight excluding hydrogens is 443 g/mol. The highest BCUT2D eigenvalue weighted by atomic mass is 32.2. The minimum atomic E-state index is -0.158. The maximum Gasteiger partial charge on any atom is 0.224 e. The zero-order valence-electron chi connectivity index (χ0n) is 19.1. The van der Waals surface area contributed by atoms with E-state index in [2.05, 4.69) is 42.7 Å². The Morgan fingerprint density at radius 2 is 2.21 bits per heavy atom. The molecule has 1 amide bonds. The minimum absolute atomic E-state index is 0.158. The average Bonchev–Trinajstić information content (AvgIpc) is 3.04. The Bertz CT molecular complexity index is 914. The van der Waals surface area contributed by atoms with Gasteiger partial charge in [0.1, 0.15) is 5.04 Å². The molecule has 3 rings (SSSR count). The van der Waals surface area contributed by atoms with Crippen LogP contribution in [0, 0.1) is 6.92 Å². The first-order valence-electron chi connectivity index (χ1n) is 11.0. The van der Waals surface area contributed by atoms with Gasteiger partial charge in [-0.3, -0.25) is 9.78 Å². The highest BCUT2D eigenvalue weighted by Crippen LogP contribution is 2.20. The van der Waals surface area contributed by atoms with Crippen LogP contribution in [0.2, 0.25) is 0 Å². The molecule has 1 fully saturated rings. The van der Waals surface area contributed by atoms with Crippen LogP contribution in [0.3, 0.4) is 0 Å². The van der Waals surface area contributed by atoms with Crippen molar-refractivity contribution in [2.75, 3.05) is 37.5 Å². The molecule has 2 N–H and O–H groups in total. The van der Waals surface area contributed by atoms with Gasteiger partial charge in [-0.15, -0.1) is 15.4 Å². The number of aryl methyl sites for hydroxylation is 1. The van der Waals surface area contributed by atoms with Crippen LogP contribution in [0.1, 0.15) is 30.4 Å². The zero-order chi connectivity index (χ0) is 23.5. The van der Waals surface area contributed by atoms with Gasteiger partial charge in [0.05, 0.1) is 26.2 Å². The number of halogens is 1. The number of rotatable bonds is 9. The fourth-order valence-electron chi connectivity index (χ4n) is 3.65. The molecule has 178 valence electrons. The largest absolute Gasteiger partial charge is 0.355 e. The van der Waals surface area contributed by atoms with Crippen molar-refractivity contribution in [1.29, 1.82) is 0 Å². The van der Waals surface area contributed by atoms with E-state index >= 15 is 0 Å². The maximum atomic E-state index is 13.4. The molecule has 0 spiro atoms. The van der Waals surface area contributed by atoms with Gasteiger partial charge in [0.25, 0.3) is 0 Å². The molecule has 2 aromatic rings. The molecule has 33 heavy (non-hydrogen) atoms. The number of carbonyl (C=O) groups is 1. The Hall–Kier alpha value is -2.79. The highest BCUT2D eigenvalue weighted by Gasteiger charge is 2.19. The van der Waals surface area contributed by atoms with Crippen molar-refractivity contribution in [1.82, 2.24) is 31.0 Å². The van der Waals surface area contributed by atoms with Crippen LogP contribution in [0.4, 0.5) is 10.3 Å². The predicted octanol–water partition coefficient (Wildman–Crippen LogP) is 2.31. The van der Waals surface area contributed by atoms with Crippen LogP contribution < -0.4 is 15.5 Å². The molecule has 0 saturated carbocycles. The van der Waals surface area contributed by atoms with Gasteiger partial charge in [0.15, 0.2) is 5.82 Å². The molecule has 1 unspecified atom stereocenters. The SMILES string of the molecule is Cc1ccnnc1N1CCCC(NCS/C(CNC(=O)Cc2cccnc2)=N\N(C)F)CC1. The molecule has 1 atom stereocenters. The molecule has 0 radical (unpaired) electrons. The Kier molecular flexibility index (Phi) is 9.82. The Labute approximate surface area is 198 Å². The summed E-state index contributed by atoms with van der Waals surface area (Å²) in [5.74, 6) is 1.38. The van der Waals surface area contributed by atoms with Crippen molar-refractivity contribution in [3.63, 3.8) is 0 Å². The van der Waals surface area contributed by atoms with E-state index in [0.717, 1.165) is 49.3 Å². The number of thioether (sulfide) groups is 1. The van der Waals surface area contributed by atoms with E-state index in [0.29, 0.717) is 17.0 Å². The Morgan fingerprint density at radius 1 is 1.33 bits per heavy atom. The van der Waals surface area contributed by atoms with Crippen LogP contribution in [0.5, 0.6) is 0 Å². The Balaban J connectivity index is 1.43. The summed E-state index contributed by atoms with van der Waals surface area (Å²) in [6.45, 7) is 4.08. The number of pyridine rings is 1. The lowest BCUT2D eigenvalue weighted by atomic mass is 10.1. The minimum Gasteiger partial charge on any atom is -0.355 e. The van der Waals surface area contributed by atoms with Gasteiger partial charge in [-0.2, -0.15) is 5.10 Å². The molecule has 3 heterocycles. The summed E-state index contributed by atoms with van der Waals surface area (Å²) in [7, 11) is 1.22. The molecule has 9 nitrogen and oxygen atoms in total. The maximum absolute atomic E-state index is 13.4. The molecule has 0 bridgehead atoms. The fraction of sp³-hybridized carbons (Fsp3) is 0.500. The first kappa shape index (κ1) is 24.8. The first-order chi connectivity index (χ1) is 16.0. The summed E-state index contributed by atoms with van der Waals surface area (Å²) in [6, 6.07) is 5.97. The van der Waals surface area contributed by atoms with Crippen LogP contribution >= 0.6 is 11.8 Å². The van der Waals surface area contributed by atoms with E-state index in [1.54, 1.807) is 24.7 Å². The number of hydrazone groups is 1. The van der Waals surface area contributed by atoms with Crippen molar-refractivity contribution >= 4 is 28.5 Å². The van der Waals surface area contributed by atoms with Crippen molar-refractivity contribution < 1.29 is 9.28 Å². The summed E-state index contributed by atoms with van der Waals surface area (Å²) in [6.07, 6.45) is 8.34. The average molecular weight is 475 g/mol. The van der Waals surface area contributed by atoms with Crippen LogP contribution in [0.15, 0.2) is 41.9 Å². The lowest BCUT2D eigenvalue weighted by Crippen LogP contribution is -2.33. The van der Waals surface area contributed by atoms with E-state index in [4.69, 9.17) is 0 Å². The van der Waals surface area contributed by atoms with Gasteiger partial charge in [-0.05, 0) is 49.4 Å². The van der Waals surface area contributed by atoms with E-state index in [9.17, 15) is 9.28 Å². The number of anilines is 1.